The molecule has 0 bridgehead atoms. The third kappa shape index (κ3) is 10.3. The summed E-state index contributed by atoms with van der Waals surface area (Å²) >= 11 is 0. The molecule has 0 saturated carbocycles. The highest BCUT2D eigenvalue weighted by Gasteiger charge is 2.23. The number of rotatable bonds is 7. The quantitative estimate of drug-likeness (QED) is 0.211. The van der Waals surface area contributed by atoms with E-state index in [2.05, 4.69) is 20.6 Å². The Morgan fingerprint density at radius 3 is 2.41 bits per heavy atom. The van der Waals surface area contributed by atoms with Crippen molar-refractivity contribution in [2.24, 2.45) is 15.7 Å². The second-order valence-corrected chi connectivity index (χ2v) is 8.10. The maximum Gasteiger partial charge on any atom is 0.269 e. The summed E-state index contributed by atoms with van der Waals surface area (Å²) in [5.41, 5.74) is 5.25. The Balaban J connectivity index is 0.000000612. The molecule has 0 spiro atoms. The summed E-state index contributed by atoms with van der Waals surface area (Å²) in [7, 11) is -3.66. The smallest absolute Gasteiger partial charge is 0.269 e. The number of nitro groups is 1. The van der Waals surface area contributed by atoms with E-state index in [1.165, 1.54) is 19.1 Å². The predicted octanol–water partition coefficient (Wildman–Crippen LogP) is 0.857. The fourth-order valence-corrected chi connectivity index (χ4v) is 1.99. The number of nitrogens with one attached hydrogen (secondary N) is 2. The number of benzene rings is 1. The number of guanidine groups is 2. The number of ether oxygens (including phenoxy) is 1. The molecule has 0 atom stereocenters. The molecule has 1 aromatic rings. The van der Waals surface area contributed by atoms with Crippen LogP contribution in [0, 0.1) is 10.1 Å². The van der Waals surface area contributed by atoms with E-state index >= 15 is 0 Å². The minimum atomic E-state index is -3.66. The summed E-state index contributed by atoms with van der Waals surface area (Å²) in [6, 6.07) is 5.98. The van der Waals surface area contributed by atoms with Gasteiger partial charge in [-0.2, -0.15) is 8.42 Å². The molecule has 162 valence electrons. The molecule has 0 radical (unpaired) electrons. The van der Waals surface area contributed by atoms with Crippen LogP contribution in [0.25, 0.3) is 0 Å². The Hall–Kier alpha value is -2.93. The van der Waals surface area contributed by atoms with Crippen LogP contribution >= 0.6 is 0 Å². The van der Waals surface area contributed by atoms with Crippen molar-refractivity contribution in [1.82, 2.24) is 10.6 Å². The van der Waals surface area contributed by atoms with Crippen LogP contribution < -0.4 is 21.1 Å². The number of nitrogens with zero attached hydrogens (tertiary/aromatic N) is 3. The average Bonchev–Trinajstić information content (AvgIpc) is 2.60. The molecule has 1 aliphatic rings. The van der Waals surface area contributed by atoms with E-state index in [-0.39, 0.29) is 11.4 Å². The van der Waals surface area contributed by atoms with Gasteiger partial charge in [0.25, 0.3) is 15.8 Å². The number of hydrogen-bond acceptors (Lipinski definition) is 8. The Bertz CT molecular complexity index is 851. The van der Waals surface area contributed by atoms with Crippen molar-refractivity contribution in [3.63, 3.8) is 0 Å². The van der Waals surface area contributed by atoms with Gasteiger partial charge in [0.2, 0.25) is 0 Å². The molecule has 1 aliphatic heterocycles. The van der Waals surface area contributed by atoms with Crippen LogP contribution in [-0.2, 0) is 10.1 Å². The molecule has 0 unspecified atom stereocenters. The molecule has 1 heterocycles. The van der Waals surface area contributed by atoms with Crippen LogP contribution in [0.4, 0.5) is 5.69 Å². The SMILES string of the molecule is CC1(C)N=C(N)NC(=NCCCOc2ccc([N+](=O)[O-])cc2)N1.CCS(=O)(=O)O. The summed E-state index contributed by atoms with van der Waals surface area (Å²) in [5, 5.41) is 16.5. The number of nitro benzene ring substituents is 1. The van der Waals surface area contributed by atoms with Crippen molar-refractivity contribution >= 4 is 27.7 Å². The number of aliphatic imine (C=N–C) groups is 2. The molecule has 1 aromatic carbocycles. The van der Waals surface area contributed by atoms with Gasteiger partial charge < -0.3 is 15.8 Å². The Morgan fingerprint density at radius 2 is 1.93 bits per heavy atom. The van der Waals surface area contributed by atoms with Gasteiger partial charge in [-0.3, -0.25) is 25.0 Å². The van der Waals surface area contributed by atoms with Gasteiger partial charge in [0.1, 0.15) is 11.4 Å². The van der Waals surface area contributed by atoms with E-state index in [0.717, 1.165) is 0 Å². The Kier molecular flexibility index (Phi) is 8.79. The summed E-state index contributed by atoms with van der Waals surface area (Å²) in [6.07, 6.45) is 0.696. The van der Waals surface area contributed by atoms with Crippen LogP contribution in [0.2, 0.25) is 0 Å². The van der Waals surface area contributed by atoms with Crippen LogP contribution in [0.15, 0.2) is 34.3 Å². The predicted molar refractivity (Wildman–Crippen MR) is 110 cm³/mol. The second-order valence-electron chi connectivity index (χ2n) is 6.36. The van der Waals surface area contributed by atoms with Gasteiger partial charge in [-0.1, -0.05) is 0 Å². The summed E-state index contributed by atoms with van der Waals surface area (Å²) in [4.78, 5) is 18.7. The zero-order chi connectivity index (χ0) is 22.1. The molecule has 0 aliphatic carbocycles. The van der Waals surface area contributed by atoms with Gasteiger partial charge in [-0.25, -0.2) is 4.99 Å². The van der Waals surface area contributed by atoms with E-state index in [0.29, 0.717) is 37.2 Å². The Labute approximate surface area is 169 Å². The van der Waals surface area contributed by atoms with Crippen molar-refractivity contribution in [2.75, 3.05) is 18.9 Å². The summed E-state index contributed by atoms with van der Waals surface area (Å²) in [6.45, 7) is 6.17. The van der Waals surface area contributed by atoms with Crippen molar-refractivity contribution in [3.8, 4) is 5.75 Å². The molecular weight excluding hydrogens is 404 g/mol. The van der Waals surface area contributed by atoms with E-state index < -0.39 is 20.7 Å². The lowest BCUT2D eigenvalue weighted by Gasteiger charge is -2.29. The molecule has 12 nitrogen and oxygen atoms in total. The van der Waals surface area contributed by atoms with Gasteiger partial charge in [-0.15, -0.1) is 0 Å². The van der Waals surface area contributed by atoms with E-state index in [1.54, 1.807) is 12.1 Å². The van der Waals surface area contributed by atoms with Crippen molar-refractivity contribution in [2.45, 2.75) is 32.9 Å². The van der Waals surface area contributed by atoms with Gasteiger partial charge in [0.15, 0.2) is 11.9 Å². The first-order valence-electron chi connectivity index (χ1n) is 8.69. The lowest BCUT2D eigenvalue weighted by molar-refractivity contribution is -0.384. The average molecular weight is 430 g/mol. The highest BCUT2D eigenvalue weighted by atomic mass is 32.2. The maximum atomic E-state index is 10.6. The van der Waals surface area contributed by atoms with E-state index in [1.807, 2.05) is 13.8 Å². The largest absolute Gasteiger partial charge is 0.494 e. The van der Waals surface area contributed by atoms with Gasteiger partial charge in [0.05, 0.1) is 17.3 Å². The van der Waals surface area contributed by atoms with Gasteiger partial charge in [0, 0.05) is 25.1 Å². The molecule has 0 aromatic heterocycles. The molecule has 5 N–H and O–H groups in total. The summed E-state index contributed by atoms with van der Waals surface area (Å²) < 4.78 is 32.4. The van der Waals surface area contributed by atoms with Crippen LogP contribution in [0.1, 0.15) is 27.2 Å². The molecule has 29 heavy (non-hydrogen) atoms. The van der Waals surface area contributed by atoms with Crippen molar-refractivity contribution in [1.29, 1.82) is 0 Å². The fraction of sp³-hybridized carbons (Fsp3) is 0.500. The second kappa shape index (κ2) is 10.6. The molecule has 0 saturated heterocycles. The van der Waals surface area contributed by atoms with Crippen LogP contribution in [-0.4, -0.2) is 54.4 Å². The minimum Gasteiger partial charge on any atom is -0.494 e. The summed E-state index contributed by atoms with van der Waals surface area (Å²) in [5.74, 6) is 1.30. The van der Waals surface area contributed by atoms with Gasteiger partial charge in [-0.05, 0) is 32.9 Å². The number of non-ortho nitro benzene ring substituents is 1. The van der Waals surface area contributed by atoms with Crippen molar-refractivity contribution < 1.29 is 22.6 Å². The zero-order valence-corrected chi connectivity index (χ0v) is 17.3. The molecule has 13 heteroatoms. The molecule has 0 fully saturated rings. The van der Waals surface area contributed by atoms with E-state index in [9.17, 15) is 18.5 Å². The fourth-order valence-electron chi connectivity index (χ4n) is 1.99. The maximum absolute atomic E-state index is 10.6. The lowest BCUT2D eigenvalue weighted by Crippen LogP contribution is -2.57. The highest BCUT2D eigenvalue weighted by Crippen LogP contribution is 2.17. The highest BCUT2D eigenvalue weighted by molar-refractivity contribution is 7.85. The first-order chi connectivity index (χ1) is 13.4. The zero-order valence-electron chi connectivity index (χ0n) is 16.5. The first kappa shape index (κ1) is 24.1. The van der Waals surface area contributed by atoms with Gasteiger partial charge >= 0.3 is 0 Å². The monoisotopic (exact) mass is 430 g/mol. The number of nitrogens with two attached hydrogens (primary N) is 1. The van der Waals surface area contributed by atoms with Crippen LogP contribution in [0.5, 0.6) is 5.75 Å². The standard InChI is InChI=1S/C14H20N6O3.C2H6O3S/c1-14(2)18-12(15)17-13(19-14)16-8-3-9-23-11-6-4-10(5-7-11)20(21)22;1-2-6(3,4)5/h4-7H,3,8-9H2,1-2H3,(H4,15,16,17,18,19);2H2,1H3,(H,3,4,5). The topological polar surface area (TPSA) is 182 Å². The van der Waals surface area contributed by atoms with Crippen molar-refractivity contribution in [3.05, 3.63) is 34.4 Å². The van der Waals surface area contributed by atoms with E-state index in [4.69, 9.17) is 15.0 Å². The lowest BCUT2D eigenvalue weighted by atomic mass is 10.2. The number of hydrogen-bond donors (Lipinski definition) is 4. The third-order valence-electron chi connectivity index (χ3n) is 3.32. The minimum absolute atomic E-state index is 0.0417. The molecule has 2 rings (SSSR count). The normalized spacial score (nSPS) is 16.6. The Morgan fingerprint density at radius 1 is 1.34 bits per heavy atom. The third-order valence-corrected chi connectivity index (χ3v) is 4.05. The van der Waals surface area contributed by atoms with Crippen LogP contribution in [0.3, 0.4) is 0 Å². The molecule has 0 amide bonds. The first-order valence-corrected chi connectivity index (χ1v) is 10.3. The molecular formula is C16H26N6O6S.